The van der Waals surface area contributed by atoms with E-state index < -0.39 is 0 Å². The largest absolute Gasteiger partial charge is 0.0846 e. The molecule has 0 radical (unpaired) electrons. The molecule has 0 nitrogen and oxygen atoms in total. The Labute approximate surface area is 109 Å². The first-order valence-corrected chi connectivity index (χ1v) is 7.73. The van der Waals surface area contributed by atoms with Crippen LogP contribution >= 0.6 is 0 Å². The van der Waals surface area contributed by atoms with Crippen LogP contribution in [0.4, 0.5) is 0 Å². The first-order chi connectivity index (χ1) is 8.41. The minimum atomic E-state index is 1.21. The van der Waals surface area contributed by atoms with Gasteiger partial charge in [-0.05, 0) is 19.3 Å². The second kappa shape index (κ2) is 15.5. The summed E-state index contributed by atoms with van der Waals surface area (Å²) >= 11 is 0. The van der Waals surface area contributed by atoms with Gasteiger partial charge in [-0.1, -0.05) is 89.5 Å². The molecule has 0 N–H and O–H groups in total. The minimum Gasteiger partial charge on any atom is -0.0846 e. The van der Waals surface area contributed by atoms with Crippen molar-refractivity contribution < 1.29 is 0 Å². The molecule has 0 aliphatic carbocycles. The van der Waals surface area contributed by atoms with Crippen molar-refractivity contribution in [3.05, 3.63) is 24.3 Å². The van der Waals surface area contributed by atoms with E-state index in [1.165, 1.54) is 70.6 Å². The Morgan fingerprint density at radius 1 is 0.529 bits per heavy atom. The van der Waals surface area contributed by atoms with Crippen molar-refractivity contribution in [2.75, 3.05) is 0 Å². The summed E-state index contributed by atoms with van der Waals surface area (Å²) in [4.78, 5) is 0. The Kier molecular flexibility index (Phi) is 15.0. The van der Waals surface area contributed by atoms with Crippen molar-refractivity contribution in [3.8, 4) is 0 Å². The van der Waals surface area contributed by atoms with E-state index in [9.17, 15) is 0 Å². The summed E-state index contributed by atoms with van der Waals surface area (Å²) in [5.74, 6) is 0. The number of allylic oxidation sites excluding steroid dienone is 4. The van der Waals surface area contributed by atoms with Crippen LogP contribution in [0.2, 0.25) is 0 Å². The zero-order valence-electron chi connectivity index (χ0n) is 12.1. The zero-order chi connectivity index (χ0) is 12.6. The lowest BCUT2D eigenvalue weighted by Gasteiger charge is -1.99. The van der Waals surface area contributed by atoms with E-state index >= 15 is 0 Å². The molecule has 0 fully saturated rings. The SMILES string of the molecule is CCCC=C/C=C/CCCCCCCCCC. The fourth-order valence-electron chi connectivity index (χ4n) is 1.91. The standard InChI is InChI=1S/C17H32/c1-3-5-7-9-11-13-15-17-16-14-12-10-8-6-4-2/h7,9,11,13H,3-6,8,10,12,14-17H2,1-2H3/b9-7?,13-11+. The average molecular weight is 236 g/mol. The highest BCUT2D eigenvalue weighted by Gasteiger charge is 1.89. The predicted octanol–water partition coefficient (Wildman–Crippen LogP) is 6.43. The summed E-state index contributed by atoms with van der Waals surface area (Å²) in [7, 11) is 0. The molecule has 0 aliphatic rings. The molecule has 0 bridgehead atoms. The third-order valence-corrected chi connectivity index (χ3v) is 3.06. The summed E-state index contributed by atoms with van der Waals surface area (Å²) < 4.78 is 0. The van der Waals surface area contributed by atoms with Gasteiger partial charge >= 0.3 is 0 Å². The Balaban J connectivity index is 3.07. The minimum absolute atomic E-state index is 1.21. The molecule has 0 aliphatic heterocycles. The van der Waals surface area contributed by atoms with Gasteiger partial charge in [0.05, 0.1) is 0 Å². The lowest BCUT2D eigenvalue weighted by Crippen LogP contribution is -1.79. The molecular weight excluding hydrogens is 204 g/mol. The van der Waals surface area contributed by atoms with Crippen LogP contribution in [0, 0.1) is 0 Å². The molecule has 0 saturated heterocycles. The fraction of sp³-hybridized carbons (Fsp3) is 0.765. The van der Waals surface area contributed by atoms with E-state index in [0.29, 0.717) is 0 Å². The highest BCUT2D eigenvalue weighted by molar-refractivity contribution is 5.02. The van der Waals surface area contributed by atoms with Gasteiger partial charge < -0.3 is 0 Å². The smallest absolute Gasteiger partial charge is 0.0348 e. The van der Waals surface area contributed by atoms with Crippen LogP contribution in [0.5, 0.6) is 0 Å². The average Bonchev–Trinajstić information content (AvgIpc) is 2.35. The molecule has 0 aromatic rings. The predicted molar refractivity (Wildman–Crippen MR) is 80.4 cm³/mol. The lowest BCUT2D eigenvalue weighted by atomic mass is 10.1. The quantitative estimate of drug-likeness (QED) is 0.270. The number of rotatable bonds is 12. The van der Waals surface area contributed by atoms with Gasteiger partial charge in [0.15, 0.2) is 0 Å². The molecule has 17 heavy (non-hydrogen) atoms. The maximum atomic E-state index is 2.31. The number of unbranched alkanes of at least 4 members (excludes halogenated alkanes) is 9. The van der Waals surface area contributed by atoms with Crippen LogP contribution in [0.25, 0.3) is 0 Å². The van der Waals surface area contributed by atoms with Crippen LogP contribution in [0.3, 0.4) is 0 Å². The van der Waals surface area contributed by atoms with Crippen molar-refractivity contribution in [1.82, 2.24) is 0 Å². The third-order valence-electron chi connectivity index (χ3n) is 3.06. The van der Waals surface area contributed by atoms with E-state index in [4.69, 9.17) is 0 Å². The van der Waals surface area contributed by atoms with Gasteiger partial charge in [0.25, 0.3) is 0 Å². The second-order valence-electron chi connectivity index (χ2n) is 4.91. The maximum Gasteiger partial charge on any atom is -0.0348 e. The Morgan fingerprint density at radius 3 is 1.65 bits per heavy atom. The van der Waals surface area contributed by atoms with Crippen molar-refractivity contribution in [1.29, 1.82) is 0 Å². The second-order valence-corrected chi connectivity index (χ2v) is 4.91. The first-order valence-electron chi connectivity index (χ1n) is 7.73. The van der Waals surface area contributed by atoms with Crippen molar-refractivity contribution >= 4 is 0 Å². The first kappa shape index (κ1) is 16.5. The van der Waals surface area contributed by atoms with Gasteiger partial charge in [-0.15, -0.1) is 0 Å². The zero-order valence-corrected chi connectivity index (χ0v) is 12.1. The summed E-state index contributed by atoms with van der Waals surface area (Å²) in [6, 6.07) is 0. The maximum absolute atomic E-state index is 2.31. The van der Waals surface area contributed by atoms with E-state index in [2.05, 4.69) is 38.2 Å². The monoisotopic (exact) mass is 236 g/mol. The lowest BCUT2D eigenvalue weighted by molar-refractivity contribution is 0.577. The van der Waals surface area contributed by atoms with Crippen LogP contribution in [-0.4, -0.2) is 0 Å². The van der Waals surface area contributed by atoms with E-state index in [-0.39, 0.29) is 0 Å². The van der Waals surface area contributed by atoms with Gasteiger partial charge in [-0.25, -0.2) is 0 Å². The van der Waals surface area contributed by atoms with Crippen LogP contribution in [0.1, 0.15) is 84.5 Å². The van der Waals surface area contributed by atoms with Crippen molar-refractivity contribution in [2.45, 2.75) is 84.5 Å². The molecule has 0 heterocycles. The molecule has 0 spiro atoms. The van der Waals surface area contributed by atoms with Gasteiger partial charge in [0, 0.05) is 0 Å². The molecule has 0 atom stereocenters. The van der Waals surface area contributed by atoms with Crippen molar-refractivity contribution in [2.24, 2.45) is 0 Å². The summed E-state index contributed by atoms with van der Waals surface area (Å²) in [5, 5.41) is 0. The van der Waals surface area contributed by atoms with Gasteiger partial charge in [0.2, 0.25) is 0 Å². The summed E-state index contributed by atoms with van der Waals surface area (Å²) in [6.07, 6.45) is 24.0. The molecule has 0 rings (SSSR count). The molecule has 0 saturated carbocycles. The topological polar surface area (TPSA) is 0 Å². The molecule has 0 aromatic carbocycles. The fourth-order valence-corrected chi connectivity index (χ4v) is 1.91. The van der Waals surface area contributed by atoms with Gasteiger partial charge in [-0.2, -0.15) is 0 Å². The van der Waals surface area contributed by atoms with E-state index in [1.807, 2.05) is 0 Å². The molecular formula is C17H32. The van der Waals surface area contributed by atoms with Crippen LogP contribution < -0.4 is 0 Å². The highest BCUT2D eigenvalue weighted by atomic mass is 14.0. The molecule has 0 heteroatoms. The summed E-state index contributed by atoms with van der Waals surface area (Å²) in [5.41, 5.74) is 0. The number of hydrogen-bond donors (Lipinski definition) is 0. The van der Waals surface area contributed by atoms with Crippen molar-refractivity contribution in [3.63, 3.8) is 0 Å². The Hall–Kier alpha value is -0.520. The highest BCUT2D eigenvalue weighted by Crippen LogP contribution is 2.09. The molecule has 100 valence electrons. The van der Waals surface area contributed by atoms with E-state index in [0.717, 1.165) is 0 Å². The van der Waals surface area contributed by atoms with Crippen LogP contribution in [0.15, 0.2) is 24.3 Å². The van der Waals surface area contributed by atoms with E-state index in [1.54, 1.807) is 0 Å². The Morgan fingerprint density at radius 2 is 1.06 bits per heavy atom. The van der Waals surface area contributed by atoms with Gasteiger partial charge in [0.1, 0.15) is 0 Å². The molecule has 0 amide bonds. The van der Waals surface area contributed by atoms with Gasteiger partial charge in [-0.3, -0.25) is 0 Å². The molecule has 0 aromatic heterocycles. The number of hydrogen-bond acceptors (Lipinski definition) is 0. The van der Waals surface area contributed by atoms with Crippen LogP contribution in [-0.2, 0) is 0 Å². The Bertz CT molecular complexity index is 176. The third kappa shape index (κ3) is 15.5. The normalized spacial score (nSPS) is 11.9. The summed E-state index contributed by atoms with van der Waals surface area (Å²) in [6.45, 7) is 4.50. The molecule has 0 unspecified atom stereocenters.